The van der Waals surface area contributed by atoms with E-state index in [-0.39, 0.29) is 0 Å². The molecule has 0 bridgehead atoms. The molecule has 0 amide bonds. The van der Waals surface area contributed by atoms with Crippen LogP contribution in [0.3, 0.4) is 0 Å². The molecule has 1 heteroatoms. The Morgan fingerprint density at radius 3 is 2.10 bits per heavy atom. The average molecular weight is 391 g/mol. The van der Waals surface area contributed by atoms with Crippen LogP contribution in [0.2, 0.25) is 0 Å². The van der Waals surface area contributed by atoms with Crippen molar-refractivity contribution in [3.05, 3.63) is 71.8 Å². The zero-order valence-electron chi connectivity index (χ0n) is 18.4. The van der Waals surface area contributed by atoms with Gasteiger partial charge in [0.1, 0.15) is 0 Å². The van der Waals surface area contributed by atoms with Crippen molar-refractivity contribution in [3.8, 4) is 11.1 Å². The van der Waals surface area contributed by atoms with Gasteiger partial charge in [-0.15, -0.1) is 0 Å². The van der Waals surface area contributed by atoms with Gasteiger partial charge in [-0.25, -0.2) is 0 Å². The summed E-state index contributed by atoms with van der Waals surface area (Å²) in [6, 6.07) is 18.2. The van der Waals surface area contributed by atoms with Crippen LogP contribution in [0.1, 0.15) is 82.3 Å². The van der Waals surface area contributed by atoms with Crippen LogP contribution in [0.15, 0.2) is 60.7 Å². The minimum Gasteiger partial charge on any atom is -0.377 e. The van der Waals surface area contributed by atoms with Crippen LogP contribution in [0.4, 0.5) is 0 Å². The van der Waals surface area contributed by atoms with Gasteiger partial charge in [-0.3, -0.25) is 0 Å². The van der Waals surface area contributed by atoms with Crippen molar-refractivity contribution in [1.82, 2.24) is 0 Å². The highest BCUT2D eigenvalue weighted by molar-refractivity contribution is 5.64. The highest BCUT2D eigenvalue weighted by Gasteiger charge is 2.21. The van der Waals surface area contributed by atoms with E-state index in [1.54, 1.807) is 0 Å². The minimum atomic E-state index is 0.718. The van der Waals surface area contributed by atoms with E-state index in [4.69, 9.17) is 4.74 Å². The molecular weight excluding hydrogens is 352 g/mol. The fourth-order valence-electron chi connectivity index (χ4n) is 4.36. The summed E-state index contributed by atoms with van der Waals surface area (Å²) in [5.41, 5.74) is 5.38. The standard InChI is InChI=1S/C28H38O/c1-3-5-7-8-23-9-13-25(14-10-23)27-17-19-28(20-18-27)26-15-11-24(12-16-26)22-29-21-6-4-2/h5,7,11-12,15-20,23,25H,3-4,6,8-10,13-14,21-22H2,1-2H3/b7-5+/t23-,25-. The topological polar surface area (TPSA) is 9.23 Å². The summed E-state index contributed by atoms with van der Waals surface area (Å²) < 4.78 is 5.72. The largest absolute Gasteiger partial charge is 0.377 e. The summed E-state index contributed by atoms with van der Waals surface area (Å²) in [4.78, 5) is 0. The zero-order valence-corrected chi connectivity index (χ0v) is 18.4. The lowest BCUT2D eigenvalue weighted by Crippen LogP contribution is -2.12. The Balaban J connectivity index is 1.50. The smallest absolute Gasteiger partial charge is 0.0716 e. The lowest BCUT2D eigenvalue weighted by atomic mass is 9.77. The maximum atomic E-state index is 5.72. The first-order valence-corrected chi connectivity index (χ1v) is 11.7. The summed E-state index contributed by atoms with van der Waals surface area (Å²) in [5.74, 6) is 1.65. The number of ether oxygens (including phenoxy) is 1. The molecule has 1 aliphatic rings. The van der Waals surface area contributed by atoms with Crippen molar-refractivity contribution in [2.75, 3.05) is 6.61 Å². The molecule has 2 aromatic carbocycles. The molecule has 1 aliphatic carbocycles. The van der Waals surface area contributed by atoms with Crippen molar-refractivity contribution in [1.29, 1.82) is 0 Å². The van der Waals surface area contributed by atoms with Gasteiger partial charge < -0.3 is 4.74 Å². The van der Waals surface area contributed by atoms with Gasteiger partial charge in [0.15, 0.2) is 0 Å². The number of allylic oxidation sites excluding steroid dienone is 2. The van der Waals surface area contributed by atoms with Gasteiger partial charge in [0.25, 0.3) is 0 Å². The average Bonchev–Trinajstić information content (AvgIpc) is 2.78. The van der Waals surface area contributed by atoms with E-state index in [1.807, 2.05) is 0 Å². The Bertz CT molecular complexity index is 718. The van der Waals surface area contributed by atoms with Crippen molar-refractivity contribution in [2.24, 2.45) is 5.92 Å². The van der Waals surface area contributed by atoms with Crippen molar-refractivity contribution in [2.45, 2.75) is 77.7 Å². The number of unbranched alkanes of at least 4 members (excludes halogenated alkanes) is 1. The first kappa shape index (κ1) is 21.8. The Hall–Kier alpha value is -1.86. The highest BCUT2D eigenvalue weighted by atomic mass is 16.5. The number of benzene rings is 2. The SMILES string of the molecule is CC/C=C/C[C@H]1CC[C@H](c2ccc(-c3ccc(COCCCC)cc3)cc2)CC1. The minimum absolute atomic E-state index is 0.718. The predicted molar refractivity (Wildman–Crippen MR) is 125 cm³/mol. The second-order valence-electron chi connectivity index (χ2n) is 8.56. The van der Waals surface area contributed by atoms with Gasteiger partial charge in [0, 0.05) is 6.61 Å². The second kappa shape index (κ2) is 12.0. The van der Waals surface area contributed by atoms with Crippen molar-refractivity contribution < 1.29 is 4.74 Å². The molecule has 3 rings (SSSR count). The Labute approximate surface area is 178 Å². The molecule has 0 saturated heterocycles. The normalized spacial score (nSPS) is 19.7. The van der Waals surface area contributed by atoms with Gasteiger partial charge >= 0.3 is 0 Å². The molecule has 1 saturated carbocycles. The lowest BCUT2D eigenvalue weighted by Gasteiger charge is -2.28. The molecule has 1 fully saturated rings. The highest BCUT2D eigenvalue weighted by Crippen LogP contribution is 2.37. The molecule has 0 radical (unpaired) electrons. The summed E-state index contributed by atoms with van der Waals surface area (Å²) in [7, 11) is 0. The Morgan fingerprint density at radius 1 is 0.828 bits per heavy atom. The van der Waals surface area contributed by atoms with Gasteiger partial charge in [0.05, 0.1) is 6.61 Å². The summed E-state index contributed by atoms with van der Waals surface area (Å²) in [5, 5.41) is 0. The fourth-order valence-corrected chi connectivity index (χ4v) is 4.36. The van der Waals surface area contributed by atoms with Crippen molar-refractivity contribution >= 4 is 0 Å². The summed E-state index contributed by atoms with van der Waals surface area (Å²) in [6.07, 6.45) is 14.9. The van der Waals surface area contributed by atoms with Gasteiger partial charge in [-0.05, 0) is 79.0 Å². The van der Waals surface area contributed by atoms with E-state index < -0.39 is 0 Å². The van der Waals surface area contributed by atoms with Gasteiger partial charge in [0.2, 0.25) is 0 Å². The van der Waals surface area contributed by atoms with E-state index in [0.717, 1.165) is 37.9 Å². The third kappa shape index (κ3) is 6.85. The van der Waals surface area contributed by atoms with Crippen LogP contribution in [0, 0.1) is 5.92 Å². The monoisotopic (exact) mass is 390 g/mol. The third-order valence-electron chi connectivity index (χ3n) is 6.30. The Kier molecular flexibility index (Phi) is 9.02. The molecule has 29 heavy (non-hydrogen) atoms. The summed E-state index contributed by atoms with van der Waals surface area (Å²) >= 11 is 0. The molecule has 0 aliphatic heterocycles. The first-order chi connectivity index (χ1) is 14.3. The van der Waals surface area contributed by atoms with E-state index in [9.17, 15) is 0 Å². The molecule has 0 aromatic heterocycles. The molecule has 0 N–H and O–H groups in total. The number of hydrogen-bond acceptors (Lipinski definition) is 1. The maximum Gasteiger partial charge on any atom is 0.0716 e. The lowest BCUT2D eigenvalue weighted by molar-refractivity contribution is 0.118. The molecule has 1 nitrogen and oxygen atoms in total. The van der Waals surface area contributed by atoms with E-state index in [0.29, 0.717) is 0 Å². The fraction of sp³-hybridized carbons (Fsp3) is 0.500. The zero-order chi connectivity index (χ0) is 20.3. The molecule has 0 heterocycles. The van der Waals surface area contributed by atoms with Crippen LogP contribution in [-0.2, 0) is 11.3 Å². The van der Waals surface area contributed by atoms with Crippen LogP contribution < -0.4 is 0 Å². The van der Waals surface area contributed by atoms with Crippen LogP contribution in [-0.4, -0.2) is 6.61 Å². The second-order valence-corrected chi connectivity index (χ2v) is 8.56. The van der Waals surface area contributed by atoms with Gasteiger partial charge in [-0.1, -0.05) is 81.0 Å². The molecule has 156 valence electrons. The van der Waals surface area contributed by atoms with E-state index in [1.165, 1.54) is 60.8 Å². The number of hydrogen-bond donors (Lipinski definition) is 0. The molecule has 0 unspecified atom stereocenters. The first-order valence-electron chi connectivity index (χ1n) is 11.7. The maximum absolute atomic E-state index is 5.72. The third-order valence-corrected chi connectivity index (χ3v) is 6.30. The Morgan fingerprint density at radius 2 is 1.48 bits per heavy atom. The molecule has 2 aromatic rings. The molecule has 0 atom stereocenters. The van der Waals surface area contributed by atoms with E-state index >= 15 is 0 Å². The van der Waals surface area contributed by atoms with Crippen LogP contribution in [0.5, 0.6) is 0 Å². The van der Waals surface area contributed by atoms with Crippen LogP contribution in [0.25, 0.3) is 11.1 Å². The molecular formula is C28H38O. The number of rotatable bonds is 10. The summed E-state index contributed by atoms with van der Waals surface area (Å²) in [6.45, 7) is 5.99. The molecule has 0 spiro atoms. The van der Waals surface area contributed by atoms with Gasteiger partial charge in [-0.2, -0.15) is 0 Å². The quantitative estimate of drug-likeness (QED) is 0.293. The van der Waals surface area contributed by atoms with E-state index in [2.05, 4.69) is 74.5 Å². The van der Waals surface area contributed by atoms with Crippen molar-refractivity contribution in [3.63, 3.8) is 0 Å². The van der Waals surface area contributed by atoms with Crippen LogP contribution >= 0.6 is 0 Å². The predicted octanol–water partition coefficient (Wildman–Crippen LogP) is 8.30.